The first-order valence-corrected chi connectivity index (χ1v) is 12.8. The van der Waals surface area contributed by atoms with Crippen LogP contribution in [0.1, 0.15) is 45.2 Å². The van der Waals surface area contributed by atoms with E-state index in [4.69, 9.17) is 4.74 Å². The van der Waals surface area contributed by atoms with Crippen molar-refractivity contribution < 1.29 is 13.9 Å². The van der Waals surface area contributed by atoms with Crippen molar-refractivity contribution in [3.05, 3.63) is 60.6 Å². The Balaban J connectivity index is 1.43. The smallest absolute Gasteiger partial charge is 0.410 e. The summed E-state index contributed by atoms with van der Waals surface area (Å²) in [5.74, 6) is -0.382. The van der Waals surface area contributed by atoms with Crippen molar-refractivity contribution in [3.63, 3.8) is 0 Å². The normalized spacial score (nSPS) is 16.1. The Kier molecular flexibility index (Phi) is 6.60. The fourth-order valence-corrected chi connectivity index (χ4v) is 5.30. The van der Waals surface area contributed by atoms with Gasteiger partial charge in [0.05, 0.1) is 29.5 Å². The number of pyridine rings is 2. The van der Waals surface area contributed by atoms with Gasteiger partial charge < -0.3 is 9.64 Å². The number of carbonyl (C=O) groups is 1. The Hall–Kier alpha value is -3.91. The van der Waals surface area contributed by atoms with Crippen LogP contribution in [0.2, 0.25) is 0 Å². The predicted octanol–water partition coefficient (Wildman–Crippen LogP) is 5.33. The number of hydrogen-bond donors (Lipinski definition) is 0. The molecule has 0 aromatic carbocycles. The molecule has 11 heteroatoms. The molecule has 0 aliphatic carbocycles. The molecule has 1 saturated heterocycles. The van der Waals surface area contributed by atoms with Crippen LogP contribution in [0.25, 0.3) is 16.6 Å². The van der Waals surface area contributed by atoms with Crippen molar-refractivity contribution in [3.8, 4) is 17.2 Å². The van der Waals surface area contributed by atoms with E-state index in [1.807, 2.05) is 43.9 Å². The van der Waals surface area contributed by atoms with Gasteiger partial charge in [-0.2, -0.15) is 15.5 Å². The molecule has 9 nitrogen and oxygen atoms in total. The largest absolute Gasteiger partial charge is 0.444 e. The summed E-state index contributed by atoms with van der Waals surface area (Å²) in [6.07, 6.45) is 9.94. The maximum Gasteiger partial charge on any atom is 0.410 e. The number of halogens is 1. The molecule has 1 aliphatic rings. The van der Waals surface area contributed by atoms with Crippen LogP contribution in [0, 0.1) is 17.1 Å². The molecule has 0 unspecified atom stereocenters. The van der Waals surface area contributed by atoms with Crippen molar-refractivity contribution in [1.82, 2.24) is 29.3 Å². The van der Waals surface area contributed by atoms with Crippen LogP contribution in [0.15, 0.2) is 59.1 Å². The Morgan fingerprint density at radius 2 is 2.05 bits per heavy atom. The minimum atomic E-state index is -0.545. The number of fused-ring (bicyclic) bond motifs is 1. The van der Waals surface area contributed by atoms with E-state index < -0.39 is 5.60 Å². The van der Waals surface area contributed by atoms with Crippen LogP contribution in [0.4, 0.5) is 9.18 Å². The first kappa shape index (κ1) is 24.8. The van der Waals surface area contributed by atoms with Gasteiger partial charge in [-0.25, -0.2) is 18.7 Å². The average molecular weight is 520 g/mol. The van der Waals surface area contributed by atoms with Crippen molar-refractivity contribution in [2.45, 2.75) is 55.2 Å². The van der Waals surface area contributed by atoms with Gasteiger partial charge in [0.25, 0.3) is 0 Å². The van der Waals surface area contributed by atoms with Crippen LogP contribution in [0.3, 0.4) is 0 Å². The van der Waals surface area contributed by atoms with E-state index in [1.54, 1.807) is 15.6 Å². The Morgan fingerprint density at radius 3 is 2.81 bits per heavy atom. The van der Waals surface area contributed by atoms with Gasteiger partial charge in [0.1, 0.15) is 22.5 Å². The van der Waals surface area contributed by atoms with Gasteiger partial charge in [-0.3, -0.25) is 4.68 Å². The summed E-state index contributed by atoms with van der Waals surface area (Å²) >= 11 is 1.27. The number of nitrogens with zero attached hydrogens (tertiary/aromatic N) is 7. The van der Waals surface area contributed by atoms with E-state index in [-0.39, 0.29) is 18.0 Å². The van der Waals surface area contributed by atoms with Crippen LogP contribution < -0.4 is 0 Å². The topological polar surface area (TPSA) is 101 Å². The highest BCUT2D eigenvalue weighted by Crippen LogP contribution is 2.35. The zero-order valence-electron chi connectivity index (χ0n) is 20.8. The molecule has 1 amide bonds. The number of hydrogen-bond acceptors (Lipinski definition) is 7. The van der Waals surface area contributed by atoms with Crippen molar-refractivity contribution >= 4 is 23.4 Å². The third-order valence-electron chi connectivity index (χ3n) is 5.97. The predicted molar refractivity (Wildman–Crippen MR) is 136 cm³/mol. The fraction of sp³-hybridized carbons (Fsp3) is 0.346. The van der Waals surface area contributed by atoms with E-state index >= 15 is 0 Å². The third-order valence-corrected chi connectivity index (χ3v) is 6.93. The Bertz CT molecular complexity index is 1500. The summed E-state index contributed by atoms with van der Waals surface area (Å²) in [4.78, 5) is 19.3. The van der Waals surface area contributed by atoms with E-state index in [0.29, 0.717) is 29.2 Å². The summed E-state index contributed by atoms with van der Waals surface area (Å²) in [6.45, 7) is 6.76. The number of nitriles is 1. The molecule has 0 radical (unpaired) electrons. The molecule has 4 aromatic heterocycles. The van der Waals surface area contributed by atoms with Crippen LogP contribution in [-0.4, -0.2) is 54.1 Å². The lowest BCUT2D eigenvalue weighted by atomic mass is 10.1. The SMILES string of the molecule is CC(C)(C)OC(=O)N1CCC[C@H](n2cc(-c3cc(Sc4cc(F)ccn4)c4c(C#N)cnn4c3)cn2)C1. The molecule has 0 saturated carbocycles. The van der Waals surface area contributed by atoms with Crippen LogP contribution in [-0.2, 0) is 4.74 Å². The minimum absolute atomic E-state index is 0.0268. The Labute approximate surface area is 217 Å². The van der Waals surface area contributed by atoms with E-state index in [1.165, 1.54) is 36.3 Å². The minimum Gasteiger partial charge on any atom is -0.444 e. The lowest BCUT2D eigenvalue weighted by Crippen LogP contribution is -2.43. The molecule has 0 bridgehead atoms. The summed E-state index contributed by atoms with van der Waals surface area (Å²) in [5.41, 5.74) is 2.21. The van der Waals surface area contributed by atoms with Gasteiger partial charge in [-0.05, 0) is 45.7 Å². The van der Waals surface area contributed by atoms with Gasteiger partial charge >= 0.3 is 6.09 Å². The van der Waals surface area contributed by atoms with Crippen molar-refractivity contribution in [2.24, 2.45) is 0 Å². The van der Waals surface area contributed by atoms with Gasteiger partial charge in [-0.1, -0.05) is 11.8 Å². The second-order valence-electron chi connectivity index (χ2n) is 9.90. The quantitative estimate of drug-likeness (QED) is 0.359. The molecule has 0 N–H and O–H groups in total. The number of likely N-dealkylation sites (tertiary alicyclic amines) is 1. The maximum absolute atomic E-state index is 13.8. The number of ether oxygens (including phenoxy) is 1. The summed E-state index contributed by atoms with van der Waals surface area (Å²) in [5, 5.41) is 19.0. The molecule has 5 rings (SSSR count). The molecule has 1 aliphatic heterocycles. The number of amides is 1. The van der Waals surface area contributed by atoms with Gasteiger partial charge in [0.15, 0.2) is 0 Å². The number of aromatic nitrogens is 5. The maximum atomic E-state index is 13.8. The first-order valence-electron chi connectivity index (χ1n) is 11.9. The fourth-order valence-electron chi connectivity index (χ4n) is 4.31. The van der Waals surface area contributed by atoms with E-state index in [2.05, 4.69) is 21.3 Å². The van der Waals surface area contributed by atoms with Gasteiger partial charge in [0.2, 0.25) is 0 Å². The first-order chi connectivity index (χ1) is 17.7. The highest BCUT2D eigenvalue weighted by atomic mass is 32.2. The standard InChI is InChI=1S/C26H26FN7O2S/c1-26(2,3)36-25(35)32-8-4-5-21(16-32)33-15-19(13-30-33)17-9-22(37-23-10-20(27)6-7-29-23)24-18(11-28)12-31-34(24)14-17/h6-7,9-10,12-15,21H,4-5,8,16H2,1-3H3/t21-/m0/s1. The summed E-state index contributed by atoms with van der Waals surface area (Å²) < 4.78 is 22.9. The second-order valence-corrected chi connectivity index (χ2v) is 11.0. The van der Waals surface area contributed by atoms with Crippen molar-refractivity contribution in [2.75, 3.05) is 13.1 Å². The molecule has 4 aromatic rings. The number of piperidine rings is 1. The summed E-state index contributed by atoms with van der Waals surface area (Å²) in [7, 11) is 0. The van der Waals surface area contributed by atoms with Crippen LogP contribution in [0.5, 0.6) is 0 Å². The molecular formula is C26H26FN7O2S. The van der Waals surface area contributed by atoms with Gasteiger partial charge in [-0.15, -0.1) is 0 Å². The molecule has 1 atom stereocenters. The molecular weight excluding hydrogens is 493 g/mol. The highest BCUT2D eigenvalue weighted by molar-refractivity contribution is 7.99. The third kappa shape index (κ3) is 5.44. The molecule has 1 fully saturated rings. The number of carbonyl (C=O) groups excluding carboxylic acids is 1. The zero-order valence-corrected chi connectivity index (χ0v) is 21.6. The Morgan fingerprint density at radius 1 is 1.22 bits per heavy atom. The lowest BCUT2D eigenvalue weighted by Gasteiger charge is -2.34. The molecule has 5 heterocycles. The van der Waals surface area contributed by atoms with Gasteiger partial charge in [0, 0.05) is 53.8 Å². The molecule has 190 valence electrons. The highest BCUT2D eigenvalue weighted by Gasteiger charge is 2.29. The van der Waals surface area contributed by atoms with E-state index in [0.717, 1.165) is 28.9 Å². The average Bonchev–Trinajstić information content (AvgIpc) is 3.51. The van der Waals surface area contributed by atoms with E-state index in [9.17, 15) is 14.4 Å². The molecule has 37 heavy (non-hydrogen) atoms. The number of rotatable bonds is 4. The molecule has 0 spiro atoms. The summed E-state index contributed by atoms with van der Waals surface area (Å²) in [6, 6.07) is 6.78. The second kappa shape index (κ2) is 9.86. The lowest BCUT2D eigenvalue weighted by molar-refractivity contribution is 0.0167. The monoisotopic (exact) mass is 519 g/mol. The van der Waals surface area contributed by atoms with Crippen molar-refractivity contribution in [1.29, 1.82) is 5.26 Å². The zero-order chi connectivity index (χ0) is 26.2. The van der Waals surface area contributed by atoms with Crippen LogP contribution >= 0.6 is 11.8 Å².